The van der Waals surface area contributed by atoms with Crippen molar-refractivity contribution in [2.45, 2.75) is 37.8 Å². The molecule has 2 fully saturated rings. The van der Waals surface area contributed by atoms with E-state index in [0.29, 0.717) is 6.54 Å². The van der Waals surface area contributed by atoms with Crippen molar-refractivity contribution in [3.8, 4) is 0 Å². The Kier molecular flexibility index (Phi) is 5.43. The Morgan fingerprint density at radius 3 is 2.76 bits per heavy atom. The van der Waals surface area contributed by atoms with Gasteiger partial charge in [0.25, 0.3) is 0 Å². The van der Waals surface area contributed by atoms with Crippen LogP contribution in [0.15, 0.2) is 24.9 Å². The van der Waals surface area contributed by atoms with Crippen molar-refractivity contribution in [2.75, 3.05) is 39.3 Å². The van der Waals surface area contributed by atoms with Crippen LogP contribution in [0, 0.1) is 0 Å². The molecule has 5 nitrogen and oxygen atoms in total. The normalized spacial score (nSPS) is 35.3. The maximum Gasteiger partial charge on any atom is 0.0591 e. The minimum atomic E-state index is -0.201. The van der Waals surface area contributed by atoms with E-state index in [1.54, 1.807) is 0 Å². The summed E-state index contributed by atoms with van der Waals surface area (Å²) in [6, 6.07) is 0. The van der Waals surface area contributed by atoms with Crippen LogP contribution >= 0.6 is 0 Å². The van der Waals surface area contributed by atoms with Crippen molar-refractivity contribution in [3.05, 3.63) is 24.9 Å². The molecule has 0 aromatic rings. The number of hydrogen-bond donors (Lipinski definition) is 3. The predicted molar refractivity (Wildman–Crippen MR) is 86.3 cm³/mol. The first-order chi connectivity index (χ1) is 9.97. The molecule has 0 bridgehead atoms. The van der Waals surface area contributed by atoms with Gasteiger partial charge < -0.3 is 20.7 Å². The van der Waals surface area contributed by atoms with E-state index in [4.69, 9.17) is 0 Å². The van der Waals surface area contributed by atoms with Gasteiger partial charge >= 0.3 is 0 Å². The van der Waals surface area contributed by atoms with Crippen LogP contribution in [0.4, 0.5) is 0 Å². The Morgan fingerprint density at radius 2 is 2.05 bits per heavy atom. The van der Waals surface area contributed by atoms with E-state index >= 15 is 0 Å². The average Bonchev–Trinajstić information content (AvgIpc) is 2.42. The van der Waals surface area contributed by atoms with E-state index in [-0.39, 0.29) is 11.1 Å². The summed E-state index contributed by atoms with van der Waals surface area (Å²) in [5.41, 5.74) is -0.0865. The summed E-state index contributed by atoms with van der Waals surface area (Å²) >= 11 is 0. The molecule has 5 heteroatoms. The lowest BCUT2D eigenvalue weighted by atomic mass is 9.94. The zero-order chi connectivity index (χ0) is 15.3. The van der Waals surface area contributed by atoms with E-state index in [9.17, 15) is 5.21 Å². The molecule has 0 saturated carbocycles. The Balaban J connectivity index is 1.87. The standard InChI is InChI=1S/C16H30N4O/c1-4-6-15(2)14-19(11-9-18-15)10-5-7-16(3)13-17-8-12-20(16)21/h4-5,10,17-18,21H,1,6-9,11-14H2,2-3H3/b10-5+/t15-,16-/m0/s1. The highest BCUT2D eigenvalue weighted by Gasteiger charge is 2.32. The molecule has 2 atom stereocenters. The van der Waals surface area contributed by atoms with E-state index < -0.39 is 0 Å². The highest BCUT2D eigenvalue weighted by molar-refractivity contribution is 5.01. The van der Waals surface area contributed by atoms with Crippen molar-refractivity contribution in [1.82, 2.24) is 20.6 Å². The lowest BCUT2D eigenvalue weighted by Crippen LogP contribution is -2.58. The van der Waals surface area contributed by atoms with Crippen molar-refractivity contribution in [1.29, 1.82) is 0 Å². The number of nitrogens with zero attached hydrogens (tertiary/aromatic N) is 2. The lowest BCUT2D eigenvalue weighted by molar-refractivity contribution is -0.176. The van der Waals surface area contributed by atoms with Gasteiger partial charge in [-0.2, -0.15) is 5.06 Å². The van der Waals surface area contributed by atoms with Crippen LogP contribution in [0.25, 0.3) is 0 Å². The van der Waals surface area contributed by atoms with Gasteiger partial charge in [-0.15, -0.1) is 6.58 Å². The maximum absolute atomic E-state index is 10.0. The fourth-order valence-corrected chi connectivity index (χ4v) is 3.20. The second kappa shape index (κ2) is 6.92. The molecule has 0 radical (unpaired) electrons. The van der Waals surface area contributed by atoms with Crippen LogP contribution in [-0.2, 0) is 0 Å². The first-order valence-corrected chi connectivity index (χ1v) is 7.91. The van der Waals surface area contributed by atoms with Crippen LogP contribution in [0.5, 0.6) is 0 Å². The van der Waals surface area contributed by atoms with E-state index in [1.807, 2.05) is 6.08 Å². The van der Waals surface area contributed by atoms with Gasteiger partial charge in [0.1, 0.15) is 0 Å². The SMILES string of the molecule is C=CC[C@@]1(C)CN(/C=C/C[C@@]2(C)CNCCN2O)CCN1. The topological polar surface area (TPSA) is 50.8 Å². The molecule has 3 N–H and O–H groups in total. The molecule has 2 aliphatic rings. The maximum atomic E-state index is 10.0. The molecular weight excluding hydrogens is 264 g/mol. The van der Waals surface area contributed by atoms with Gasteiger partial charge in [-0.25, -0.2) is 0 Å². The van der Waals surface area contributed by atoms with Crippen molar-refractivity contribution >= 4 is 0 Å². The molecule has 0 aliphatic carbocycles. The van der Waals surface area contributed by atoms with E-state index in [1.165, 1.54) is 5.06 Å². The molecule has 0 amide bonds. The number of rotatable bonds is 5. The molecule has 0 unspecified atom stereocenters. The van der Waals surface area contributed by atoms with Crippen molar-refractivity contribution < 1.29 is 5.21 Å². The second-order valence-electron chi connectivity index (χ2n) is 6.84. The summed E-state index contributed by atoms with van der Waals surface area (Å²) in [7, 11) is 0. The third-order valence-corrected chi connectivity index (χ3v) is 4.60. The number of hydroxylamine groups is 2. The smallest absolute Gasteiger partial charge is 0.0591 e. The summed E-state index contributed by atoms with van der Waals surface area (Å²) in [4.78, 5) is 2.36. The van der Waals surface area contributed by atoms with E-state index in [2.05, 4.69) is 48.2 Å². The summed E-state index contributed by atoms with van der Waals surface area (Å²) in [6.45, 7) is 13.6. The molecule has 0 aromatic carbocycles. The third kappa shape index (κ3) is 4.30. The number of hydrogen-bond acceptors (Lipinski definition) is 5. The number of piperazine rings is 2. The molecule has 2 rings (SSSR count). The molecule has 21 heavy (non-hydrogen) atoms. The van der Waals surface area contributed by atoms with Crippen LogP contribution in [-0.4, -0.2) is 65.5 Å². The van der Waals surface area contributed by atoms with Gasteiger partial charge in [-0.3, -0.25) is 0 Å². The minimum absolute atomic E-state index is 0.115. The van der Waals surface area contributed by atoms with Crippen LogP contribution in [0.1, 0.15) is 26.7 Å². The fourth-order valence-electron chi connectivity index (χ4n) is 3.20. The van der Waals surface area contributed by atoms with Crippen LogP contribution < -0.4 is 10.6 Å². The lowest BCUT2D eigenvalue weighted by Gasteiger charge is -2.42. The summed E-state index contributed by atoms with van der Waals surface area (Å²) in [5, 5.41) is 18.5. The Bertz CT molecular complexity index is 386. The first-order valence-electron chi connectivity index (χ1n) is 7.91. The molecule has 2 aliphatic heterocycles. The Labute approximate surface area is 128 Å². The van der Waals surface area contributed by atoms with Crippen molar-refractivity contribution in [3.63, 3.8) is 0 Å². The van der Waals surface area contributed by atoms with E-state index in [0.717, 1.165) is 45.6 Å². The predicted octanol–water partition coefficient (Wildman–Crippen LogP) is 1.18. The molecule has 2 saturated heterocycles. The Morgan fingerprint density at radius 1 is 1.24 bits per heavy atom. The zero-order valence-electron chi connectivity index (χ0n) is 13.4. The molecule has 2 heterocycles. The highest BCUT2D eigenvalue weighted by Crippen LogP contribution is 2.21. The van der Waals surface area contributed by atoms with Gasteiger partial charge in [0.15, 0.2) is 0 Å². The average molecular weight is 294 g/mol. The third-order valence-electron chi connectivity index (χ3n) is 4.60. The molecule has 0 aromatic heterocycles. The quantitative estimate of drug-likeness (QED) is 0.665. The second-order valence-corrected chi connectivity index (χ2v) is 6.84. The molecular formula is C16H30N4O. The zero-order valence-corrected chi connectivity index (χ0v) is 13.4. The van der Waals surface area contributed by atoms with Gasteiger partial charge in [-0.1, -0.05) is 12.2 Å². The van der Waals surface area contributed by atoms with Crippen molar-refractivity contribution in [2.24, 2.45) is 0 Å². The Hall–Kier alpha value is -0.880. The largest absolute Gasteiger partial charge is 0.375 e. The van der Waals surface area contributed by atoms with Crippen LogP contribution in [0.2, 0.25) is 0 Å². The van der Waals surface area contributed by atoms with Gasteiger partial charge in [-0.05, 0) is 32.9 Å². The number of nitrogens with one attached hydrogen (secondary N) is 2. The van der Waals surface area contributed by atoms with Gasteiger partial charge in [0.05, 0.1) is 5.54 Å². The monoisotopic (exact) mass is 294 g/mol. The van der Waals surface area contributed by atoms with Crippen LogP contribution in [0.3, 0.4) is 0 Å². The van der Waals surface area contributed by atoms with Gasteiger partial charge in [0.2, 0.25) is 0 Å². The summed E-state index contributed by atoms with van der Waals surface area (Å²) < 4.78 is 0. The molecule has 0 spiro atoms. The highest BCUT2D eigenvalue weighted by atomic mass is 16.5. The first kappa shape index (κ1) is 16.5. The summed E-state index contributed by atoms with van der Waals surface area (Å²) in [5.74, 6) is 0. The minimum Gasteiger partial charge on any atom is -0.375 e. The fraction of sp³-hybridized carbons (Fsp3) is 0.750. The van der Waals surface area contributed by atoms with Gasteiger partial charge in [0, 0.05) is 44.8 Å². The summed E-state index contributed by atoms with van der Waals surface area (Å²) in [6.07, 6.45) is 8.19. The molecule has 120 valence electrons.